The number of rotatable bonds is 8. The lowest BCUT2D eigenvalue weighted by molar-refractivity contribution is -0.142. The van der Waals surface area contributed by atoms with Crippen molar-refractivity contribution >= 4 is 30.0 Å². The third-order valence-corrected chi connectivity index (χ3v) is 5.54. The van der Waals surface area contributed by atoms with Crippen molar-refractivity contribution in [2.75, 3.05) is 7.05 Å². The van der Waals surface area contributed by atoms with E-state index in [2.05, 4.69) is 10.1 Å². The maximum absolute atomic E-state index is 11.2. The highest BCUT2D eigenvalue weighted by Gasteiger charge is 2.18. The molecular weight excluding hydrogens is 477 g/mol. The average molecular weight is 500 g/mol. The Hall–Kier alpha value is -3.39. The van der Waals surface area contributed by atoms with Crippen LogP contribution in [0.15, 0.2) is 77.3 Å². The predicted molar refractivity (Wildman–Crippen MR) is 133 cm³/mol. The van der Waals surface area contributed by atoms with Crippen molar-refractivity contribution in [1.29, 1.82) is 0 Å². The molecule has 0 spiro atoms. The minimum absolute atomic E-state index is 0. The van der Waals surface area contributed by atoms with Gasteiger partial charge in [0.1, 0.15) is 17.5 Å². The summed E-state index contributed by atoms with van der Waals surface area (Å²) in [7, 11) is 1.75. The van der Waals surface area contributed by atoms with Gasteiger partial charge in [0.25, 0.3) is 5.89 Å². The largest absolute Gasteiger partial charge is 0.480 e. The highest BCUT2D eigenvalue weighted by Crippen LogP contribution is 2.30. The van der Waals surface area contributed by atoms with Crippen LogP contribution in [0.3, 0.4) is 0 Å². The standard InChI is InChI=1S/C25H22ClN3O4.ClH/c1-16(25(30)31)29(2)15-17-8-13-21(22(26)14-17)23-27-24(33-28-23)18-9-11-20(12-10-18)32-19-6-4-3-5-7-19;/h3-14,16H,15H2,1-2H3,(H,30,31);1H/t16-;/m0./s1. The summed E-state index contributed by atoms with van der Waals surface area (Å²) in [6, 6.07) is 21.8. The number of halogens is 2. The molecule has 3 aromatic carbocycles. The first-order valence-corrected chi connectivity index (χ1v) is 10.7. The molecule has 1 heterocycles. The number of carbonyl (C=O) groups is 1. The van der Waals surface area contributed by atoms with E-state index in [0.717, 1.165) is 16.9 Å². The maximum atomic E-state index is 11.2. The summed E-state index contributed by atoms with van der Waals surface area (Å²) >= 11 is 6.47. The Bertz CT molecular complexity index is 1250. The van der Waals surface area contributed by atoms with E-state index in [-0.39, 0.29) is 12.4 Å². The number of aliphatic carboxylic acids is 1. The summed E-state index contributed by atoms with van der Waals surface area (Å²) < 4.78 is 11.2. The van der Waals surface area contributed by atoms with E-state index < -0.39 is 12.0 Å². The smallest absolute Gasteiger partial charge is 0.320 e. The SMILES string of the molecule is C[C@@H](C(=O)O)N(C)Cc1ccc(-c2noc(-c3ccc(Oc4ccccc4)cc3)n2)c(Cl)c1.Cl. The first-order chi connectivity index (χ1) is 15.9. The van der Waals surface area contributed by atoms with E-state index in [1.54, 1.807) is 24.9 Å². The minimum Gasteiger partial charge on any atom is -0.480 e. The van der Waals surface area contributed by atoms with Gasteiger partial charge in [0, 0.05) is 17.7 Å². The fraction of sp³-hybridized carbons (Fsp3) is 0.160. The molecule has 0 saturated heterocycles. The summed E-state index contributed by atoms with van der Waals surface area (Å²) in [6.45, 7) is 2.09. The first-order valence-electron chi connectivity index (χ1n) is 10.3. The molecule has 0 bridgehead atoms. The van der Waals surface area contributed by atoms with Gasteiger partial charge in [-0.3, -0.25) is 9.69 Å². The second kappa shape index (κ2) is 11.2. The summed E-state index contributed by atoms with van der Waals surface area (Å²) in [6.07, 6.45) is 0. The zero-order valence-corrected chi connectivity index (χ0v) is 20.1. The molecule has 0 fully saturated rings. The van der Waals surface area contributed by atoms with Gasteiger partial charge in [-0.05, 0) is 68.1 Å². The zero-order chi connectivity index (χ0) is 23.4. The van der Waals surface area contributed by atoms with Gasteiger partial charge in [-0.15, -0.1) is 12.4 Å². The molecule has 4 aromatic rings. The molecule has 9 heteroatoms. The summed E-state index contributed by atoms with van der Waals surface area (Å²) in [4.78, 5) is 17.4. The van der Waals surface area contributed by atoms with Crippen LogP contribution in [0, 0.1) is 0 Å². The minimum atomic E-state index is -0.876. The number of likely N-dealkylation sites (N-methyl/N-ethyl adjacent to an activating group) is 1. The van der Waals surface area contributed by atoms with Gasteiger partial charge in [0.2, 0.25) is 5.82 Å². The van der Waals surface area contributed by atoms with Crippen molar-refractivity contribution in [1.82, 2.24) is 15.0 Å². The van der Waals surface area contributed by atoms with Gasteiger partial charge in [-0.25, -0.2) is 0 Å². The molecule has 0 saturated carbocycles. The second-order valence-electron chi connectivity index (χ2n) is 7.61. The molecule has 1 aromatic heterocycles. The van der Waals surface area contributed by atoms with Gasteiger partial charge in [-0.1, -0.05) is 41.0 Å². The summed E-state index contributed by atoms with van der Waals surface area (Å²) in [5, 5.41) is 13.7. The normalized spacial score (nSPS) is 11.6. The van der Waals surface area contributed by atoms with Crippen LogP contribution in [-0.2, 0) is 11.3 Å². The van der Waals surface area contributed by atoms with Crippen molar-refractivity contribution in [2.24, 2.45) is 0 Å². The molecule has 0 aliphatic carbocycles. The maximum Gasteiger partial charge on any atom is 0.320 e. The quantitative estimate of drug-likeness (QED) is 0.309. The lowest BCUT2D eigenvalue weighted by Crippen LogP contribution is -2.35. The third-order valence-electron chi connectivity index (χ3n) is 5.23. The van der Waals surface area contributed by atoms with Crippen LogP contribution < -0.4 is 4.74 Å². The number of nitrogens with zero attached hydrogens (tertiary/aromatic N) is 3. The number of benzene rings is 3. The van der Waals surface area contributed by atoms with Gasteiger partial charge in [-0.2, -0.15) is 4.98 Å². The molecule has 7 nitrogen and oxygen atoms in total. The Morgan fingerprint density at radius 1 is 1.09 bits per heavy atom. The van der Waals surface area contributed by atoms with Crippen molar-refractivity contribution in [2.45, 2.75) is 19.5 Å². The molecule has 34 heavy (non-hydrogen) atoms. The number of aromatic nitrogens is 2. The Morgan fingerprint density at radius 3 is 2.41 bits per heavy atom. The molecule has 0 amide bonds. The summed E-state index contributed by atoms with van der Waals surface area (Å²) in [5.41, 5.74) is 2.27. The van der Waals surface area contributed by atoms with E-state index in [1.807, 2.05) is 66.7 Å². The highest BCUT2D eigenvalue weighted by molar-refractivity contribution is 6.33. The summed E-state index contributed by atoms with van der Waals surface area (Å²) in [5.74, 6) is 1.32. The molecule has 1 N–H and O–H groups in total. The number of ether oxygens (including phenoxy) is 1. The Labute approximate surface area is 208 Å². The van der Waals surface area contributed by atoms with E-state index in [9.17, 15) is 4.79 Å². The van der Waals surface area contributed by atoms with Crippen LogP contribution in [0.5, 0.6) is 11.5 Å². The molecule has 0 aliphatic heterocycles. The molecular formula is C25H23Cl2N3O4. The van der Waals surface area contributed by atoms with E-state index in [1.165, 1.54) is 0 Å². The fourth-order valence-electron chi connectivity index (χ4n) is 3.19. The van der Waals surface area contributed by atoms with E-state index in [4.69, 9.17) is 26.0 Å². The Morgan fingerprint density at radius 2 is 1.76 bits per heavy atom. The first kappa shape index (κ1) is 25.2. The molecule has 176 valence electrons. The van der Waals surface area contributed by atoms with Crippen LogP contribution in [0.1, 0.15) is 12.5 Å². The van der Waals surface area contributed by atoms with Crippen molar-refractivity contribution < 1.29 is 19.2 Å². The van der Waals surface area contributed by atoms with Crippen LogP contribution in [0.4, 0.5) is 0 Å². The van der Waals surface area contributed by atoms with Crippen LogP contribution in [0.25, 0.3) is 22.8 Å². The number of hydrogen-bond acceptors (Lipinski definition) is 6. The average Bonchev–Trinajstić information content (AvgIpc) is 3.29. The molecule has 0 aliphatic rings. The molecule has 0 unspecified atom stereocenters. The number of para-hydroxylation sites is 1. The van der Waals surface area contributed by atoms with Crippen LogP contribution in [-0.4, -0.2) is 39.2 Å². The van der Waals surface area contributed by atoms with Crippen LogP contribution >= 0.6 is 24.0 Å². The van der Waals surface area contributed by atoms with Crippen molar-refractivity contribution in [3.8, 4) is 34.3 Å². The monoisotopic (exact) mass is 499 g/mol. The van der Waals surface area contributed by atoms with Crippen molar-refractivity contribution in [3.63, 3.8) is 0 Å². The lowest BCUT2D eigenvalue weighted by Gasteiger charge is -2.21. The molecule has 1 atom stereocenters. The predicted octanol–water partition coefficient (Wildman–Crippen LogP) is 6.18. The number of carboxylic acid groups (broad SMARTS) is 1. The van der Waals surface area contributed by atoms with E-state index in [0.29, 0.717) is 34.6 Å². The van der Waals surface area contributed by atoms with Gasteiger partial charge >= 0.3 is 5.97 Å². The number of carboxylic acids is 1. The van der Waals surface area contributed by atoms with Crippen LogP contribution in [0.2, 0.25) is 5.02 Å². The second-order valence-corrected chi connectivity index (χ2v) is 8.01. The van der Waals surface area contributed by atoms with E-state index >= 15 is 0 Å². The fourth-order valence-corrected chi connectivity index (χ4v) is 3.48. The van der Waals surface area contributed by atoms with Gasteiger partial charge < -0.3 is 14.4 Å². The zero-order valence-electron chi connectivity index (χ0n) is 18.5. The Kier molecular flexibility index (Phi) is 8.28. The topological polar surface area (TPSA) is 88.7 Å². The molecule has 4 rings (SSSR count). The lowest BCUT2D eigenvalue weighted by atomic mass is 10.1. The van der Waals surface area contributed by atoms with Gasteiger partial charge in [0.15, 0.2) is 0 Å². The molecule has 0 radical (unpaired) electrons. The van der Waals surface area contributed by atoms with Crippen molar-refractivity contribution in [3.05, 3.63) is 83.4 Å². The Balaban J connectivity index is 0.00000324. The number of hydrogen-bond donors (Lipinski definition) is 1. The highest BCUT2D eigenvalue weighted by atomic mass is 35.5. The third kappa shape index (κ3) is 5.94. The van der Waals surface area contributed by atoms with Gasteiger partial charge in [0.05, 0.1) is 5.02 Å².